The van der Waals surface area contributed by atoms with Crippen LogP contribution in [0.5, 0.6) is 0 Å². The summed E-state index contributed by atoms with van der Waals surface area (Å²) < 4.78 is 11.7. The molecule has 0 fully saturated rings. The van der Waals surface area contributed by atoms with Gasteiger partial charge in [0.25, 0.3) is 0 Å². The van der Waals surface area contributed by atoms with E-state index in [9.17, 15) is 0 Å². The van der Waals surface area contributed by atoms with E-state index in [4.69, 9.17) is 9.47 Å². The van der Waals surface area contributed by atoms with Crippen molar-refractivity contribution >= 4 is 0 Å². The molecule has 2 rings (SSSR count). The zero-order valence-electron chi connectivity index (χ0n) is 12.2. The Balaban J connectivity index is 2.38. The largest absolute Gasteiger partial charge is 0.352 e. The molecule has 0 radical (unpaired) electrons. The van der Waals surface area contributed by atoms with Crippen LogP contribution in [0.25, 0.3) is 0 Å². The van der Waals surface area contributed by atoms with Crippen LogP contribution in [0.4, 0.5) is 0 Å². The molecule has 2 aromatic rings. The number of ether oxygens (including phenoxy) is 2. The first-order chi connectivity index (χ1) is 9.86. The lowest BCUT2D eigenvalue weighted by molar-refractivity contribution is -0.143. The van der Waals surface area contributed by atoms with Gasteiger partial charge in [0.1, 0.15) is 0 Å². The van der Waals surface area contributed by atoms with Crippen LogP contribution >= 0.6 is 0 Å². The van der Waals surface area contributed by atoms with Crippen molar-refractivity contribution in [1.29, 1.82) is 0 Å². The van der Waals surface area contributed by atoms with E-state index in [1.165, 1.54) is 11.1 Å². The van der Waals surface area contributed by atoms with Crippen molar-refractivity contribution in [3.8, 4) is 0 Å². The van der Waals surface area contributed by atoms with Crippen molar-refractivity contribution < 1.29 is 9.47 Å². The second kappa shape index (κ2) is 7.83. The zero-order valence-corrected chi connectivity index (χ0v) is 12.2. The molecule has 0 saturated heterocycles. The molecule has 2 aromatic carbocycles. The third-order valence-corrected chi connectivity index (χ3v) is 3.25. The fourth-order valence-corrected chi connectivity index (χ4v) is 2.40. The lowest BCUT2D eigenvalue weighted by Crippen LogP contribution is -2.26. The van der Waals surface area contributed by atoms with E-state index in [0.717, 1.165) is 0 Å². The van der Waals surface area contributed by atoms with E-state index in [1.54, 1.807) is 0 Å². The fourth-order valence-electron chi connectivity index (χ4n) is 2.40. The van der Waals surface area contributed by atoms with Gasteiger partial charge in [-0.25, -0.2) is 0 Å². The topological polar surface area (TPSA) is 18.5 Å². The van der Waals surface area contributed by atoms with Gasteiger partial charge in [0.2, 0.25) is 0 Å². The Kier molecular flexibility index (Phi) is 5.78. The first-order valence-corrected chi connectivity index (χ1v) is 7.20. The molecule has 20 heavy (non-hydrogen) atoms. The molecule has 0 bridgehead atoms. The normalized spacial score (nSPS) is 11.2. The summed E-state index contributed by atoms with van der Waals surface area (Å²) in [5, 5.41) is 0. The SMILES string of the molecule is CCOC(OCC)C(c1ccccc1)c1ccccc1. The van der Waals surface area contributed by atoms with Gasteiger partial charge in [-0.05, 0) is 25.0 Å². The number of hydrogen-bond donors (Lipinski definition) is 0. The highest BCUT2D eigenvalue weighted by atomic mass is 16.7. The van der Waals surface area contributed by atoms with Crippen LogP contribution in [0.15, 0.2) is 60.7 Å². The molecular formula is C18H22O2. The number of hydrogen-bond acceptors (Lipinski definition) is 2. The Labute approximate surface area is 121 Å². The van der Waals surface area contributed by atoms with Crippen LogP contribution in [-0.2, 0) is 9.47 Å². The summed E-state index contributed by atoms with van der Waals surface area (Å²) in [6, 6.07) is 20.8. The first-order valence-electron chi connectivity index (χ1n) is 7.20. The molecule has 0 saturated carbocycles. The molecule has 0 N–H and O–H groups in total. The van der Waals surface area contributed by atoms with Gasteiger partial charge in [0.15, 0.2) is 6.29 Å². The standard InChI is InChI=1S/C18H22O2/c1-3-19-18(20-4-2)17(15-11-7-5-8-12-15)16-13-9-6-10-14-16/h5-14,17-18H,3-4H2,1-2H3. The van der Waals surface area contributed by atoms with E-state index < -0.39 is 0 Å². The van der Waals surface area contributed by atoms with Gasteiger partial charge < -0.3 is 9.47 Å². The van der Waals surface area contributed by atoms with E-state index in [2.05, 4.69) is 48.5 Å². The number of benzene rings is 2. The van der Waals surface area contributed by atoms with E-state index in [0.29, 0.717) is 13.2 Å². The van der Waals surface area contributed by atoms with E-state index in [-0.39, 0.29) is 12.2 Å². The van der Waals surface area contributed by atoms with Crippen molar-refractivity contribution in [1.82, 2.24) is 0 Å². The summed E-state index contributed by atoms with van der Waals surface area (Å²) in [6.07, 6.45) is -0.255. The average molecular weight is 270 g/mol. The first kappa shape index (κ1) is 14.8. The van der Waals surface area contributed by atoms with Crippen molar-refractivity contribution in [2.24, 2.45) is 0 Å². The highest BCUT2D eigenvalue weighted by molar-refractivity contribution is 5.33. The maximum Gasteiger partial charge on any atom is 0.168 e. The van der Waals surface area contributed by atoms with Gasteiger partial charge in [-0.3, -0.25) is 0 Å². The third kappa shape index (κ3) is 3.69. The Morgan fingerprint density at radius 3 is 1.45 bits per heavy atom. The minimum absolute atomic E-state index is 0.0947. The molecule has 0 amide bonds. The molecule has 0 aliphatic heterocycles. The highest BCUT2D eigenvalue weighted by Gasteiger charge is 2.25. The molecule has 2 nitrogen and oxygen atoms in total. The van der Waals surface area contributed by atoms with Gasteiger partial charge in [0, 0.05) is 13.2 Å². The summed E-state index contributed by atoms with van der Waals surface area (Å²) in [7, 11) is 0. The van der Waals surface area contributed by atoms with Crippen LogP contribution in [0.1, 0.15) is 30.9 Å². The third-order valence-electron chi connectivity index (χ3n) is 3.25. The average Bonchev–Trinajstić information content (AvgIpc) is 2.50. The minimum Gasteiger partial charge on any atom is -0.352 e. The highest BCUT2D eigenvalue weighted by Crippen LogP contribution is 2.30. The Morgan fingerprint density at radius 2 is 1.10 bits per heavy atom. The zero-order chi connectivity index (χ0) is 14.2. The molecular weight excluding hydrogens is 248 g/mol. The van der Waals surface area contributed by atoms with E-state index >= 15 is 0 Å². The molecule has 106 valence electrons. The van der Waals surface area contributed by atoms with Crippen LogP contribution < -0.4 is 0 Å². The maximum atomic E-state index is 5.83. The summed E-state index contributed by atoms with van der Waals surface area (Å²) in [5.41, 5.74) is 2.43. The Hall–Kier alpha value is -1.64. The summed E-state index contributed by atoms with van der Waals surface area (Å²) >= 11 is 0. The second-order valence-corrected chi connectivity index (χ2v) is 4.58. The Bertz CT molecular complexity index is 436. The molecule has 0 aromatic heterocycles. The van der Waals surface area contributed by atoms with Crippen LogP contribution in [0.3, 0.4) is 0 Å². The van der Waals surface area contributed by atoms with Crippen molar-refractivity contribution in [2.45, 2.75) is 26.1 Å². The monoisotopic (exact) mass is 270 g/mol. The van der Waals surface area contributed by atoms with Gasteiger partial charge >= 0.3 is 0 Å². The summed E-state index contributed by atoms with van der Waals surface area (Å²) in [4.78, 5) is 0. The van der Waals surface area contributed by atoms with Crippen LogP contribution in [0.2, 0.25) is 0 Å². The molecule has 0 heterocycles. The molecule has 0 spiro atoms. The predicted octanol–water partition coefficient (Wildman–Crippen LogP) is 4.22. The summed E-state index contributed by atoms with van der Waals surface area (Å²) in [5.74, 6) is 0.0947. The van der Waals surface area contributed by atoms with Gasteiger partial charge in [0.05, 0.1) is 5.92 Å². The van der Waals surface area contributed by atoms with E-state index in [1.807, 2.05) is 26.0 Å². The maximum absolute atomic E-state index is 5.83. The second-order valence-electron chi connectivity index (χ2n) is 4.58. The molecule has 0 atom stereocenters. The van der Waals surface area contributed by atoms with Crippen molar-refractivity contribution in [3.63, 3.8) is 0 Å². The van der Waals surface area contributed by atoms with Crippen LogP contribution in [0, 0.1) is 0 Å². The van der Waals surface area contributed by atoms with Gasteiger partial charge in [-0.1, -0.05) is 60.7 Å². The molecule has 0 unspecified atom stereocenters. The quantitative estimate of drug-likeness (QED) is 0.701. The van der Waals surface area contributed by atoms with Crippen molar-refractivity contribution in [3.05, 3.63) is 71.8 Å². The van der Waals surface area contributed by atoms with Gasteiger partial charge in [-0.2, -0.15) is 0 Å². The molecule has 2 heteroatoms. The predicted molar refractivity (Wildman–Crippen MR) is 81.8 cm³/mol. The fraction of sp³-hybridized carbons (Fsp3) is 0.333. The molecule has 0 aliphatic carbocycles. The smallest absolute Gasteiger partial charge is 0.168 e. The lowest BCUT2D eigenvalue weighted by Gasteiger charge is -2.27. The molecule has 0 aliphatic rings. The lowest BCUT2D eigenvalue weighted by atomic mass is 9.90. The number of rotatable bonds is 7. The van der Waals surface area contributed by atoms with Gasteiger partial charge in [-0.15, -0.1) is 0 Å². The minimum atomic E-state index is -0.255. The summed E-state index contributed by atoms with van der Waals surface area (Å²) in [6.45, 7) is 5.28. The Morgan fingerprint density at radius 1 is 0.700 bits per heavy atom. The van der Waals surface area contributed by atoms with Crippen LogP contribution in [-0.4, -0.2) is 19.5 Å². The van der Waals surface area contributed by atoms with Crippen molar-refractivity contribution in [2.75, 3.05) is 13.2 Å².